The number of rotatable bonds is 8. The van der Waals surface area contributed by atoms with E-state index >= 15 is 0 Å². The van der Waals surface area contributed by atoms with E-state index in [2.05, 4.69) is 5.32 Å². The molecule has 0 radical (unpaired) electrons. The molecule has 16 heavy (non-hydrogen) atoms. The molecular weight excluding hydrogens is 210 g/mol. The summed E-state index contributed by atoms with van der Waals surface area (Å²) in [6.07, 6.45) is 1.63. The minimum atomic E-state index is -0.325. The van der Waals surface area contributed by atoms with Gasteiger partial charge in [-0.25, -0.2) is 4.79 Å². The Kier molecular flexibility index (Phi) is 6.29. The number of hydrogen-bond donors (Lipinski definition) is 1. The maximum atomic E-state index is 10.9. The molecule has 1 heterocycles. The number of esters is 1. The minimum Gasteiger partial charge on any atom is -0.468 e. The zero-order valence-electron chi connectivity index (χ0n) is 9.40. The van der Waals surface area contributed by atoms with E-state index < -0.39 is 0 Å². The highest BCUT2D eigenvalue weighted by Gasteiger charge is 2.00. The Labute approximate surface area is 94.7 Å². The second-order valence-electron chi connectivity index (χ2n) is 3.11. The van der Waals surface area contributed by atoms with Crippen molar-refractivity contribution in [2.45, 2.75) is 13.5 Å². The number of carbonyl (C=O) groups excluding carboxylic acids is 1. The van der Waals surface area contributed by atoms with Crippen LogP contribution in [-0.2, 0) is 20.8 Å². The Morgan fingerprint density at radius 1 is 1.56 bits per heavy atom. The van der Waals surface area contributed by atoms with E-state index in [1.807, 2.05) is 12.1 Å². The van der Waals surface area contributed by atoms with Gasteiger partial charge in [-0.1, -0.05) is 0 Å². The third-order valence-corrected chi connectivity index (χ3v) is 1.83. The van der Waals surface area contributed by atoms with Crippen molar-refractivity contribution >= 4 is 5.97 Å². The van der Waals surface area contributed by atoms with Gasteiger partial charge in [0.25, 0.3) is 0 Å². The normalized spacial score (nSPS) is 10.3. The third kappa shape index (κ3) is 5.53. The molecule has 0 bridgehead atoms. The Bertz CT molecular complexity index is 284. The molecule has 5 nitrogen and oxygen atoms in total. The van der Waals surface area contributed by atoms with Gasteiger partial charge in [-0.3, -0.25) is 0 Å². The highest BCUT2D eigenvalue weighted by molar-refractivity contribution is 5.70. The van der Waals surface area contributed by atoms with Gasteiger partial charge in [0, 0.05) is 6.54 Å². The molecule has 0 aliphatic heterocycles. The molecular formula is C11H17NO4. The molecule has 0 unspecified atom stereocenters. The minimum absolute atomic E-state index is 0.0102. The third-order valence-electron chi connectivity index (χ3n) is 1.83. The second kappa shape index (κ2) is 7.90. The highest BCUT2D eigenvalue weighted by Crippen LogP contribution is 1.97. The molecule has 1 N–H and O–H groups in total. The number of nitrogens with one attached hydrogen (secondary N) is 1. The molecule has 0 amide bonds. The van der Waals surface area contributed by atoms with Crippen molar-refractivity contribution in [3.8, 4) is 0 Å². The van der Waals surface area contributed by atoms with E-state index in [4.69, 9.17) is 13.9 Å². The lowest BCUT2D eigenvalue weighted by Gasteiger charge is -2.04. The summed E-state index contributed by atoms with van der Waals surface area (Å²) in [5.41, 5.74) is 0. The monoisotopic (exact) mass is 227 g/mol. The molecule has 0 aliphatic rings. The summed E-state index contributed by atoms with van der Waals surface area (Å²) in [5.74, 6) is 0.555. The molecule has 1 aromatic heterocycles. The van der Waals surface area contributed by atoms with Crippen molar-refractivity contribution in [3.05, 3.63) is 24.2 Å². The molecule has 0 spiro atoms. The summed E-state index contributed by atoms with van der Waals surface area (Å²) in [6, 6.07) is 3.74. The van der Waals surface area contributed by atoms with Crippen LogP contribution < -0.4 is 5.32 Å². The number of ether oxygens (including phenoxy) is 2. The van der Waals surface area contributed by atoms with Crippen molar-refractivity contribution in [2.75, 3.05) is 26.4 Å². The molecule has 0 fully saturated rings. The van der Waals surface area contributed by atoms with Crippen LogP contribution in [0.3, 0.4) is 0 Å². The summed E-state index contributed by atoms with van der Waals surface area (Å²) in [5, 5.41) is 3.12. The second-order valence-corrected chi connectivity index (χ2v) is 3.11. The number of carbonyl (C=O) groups is 1. The lowest BCUT2D eigenvalue weighted by atomic mass is 10.4. The molecule has 0 aromatic carbocycles. The summed E-state index contributed by atoms with van der Waals surface area (Å²) < 4.78 is 14.9. The van der Waals surface area contributed by atoms with Gasteiger partial charge in [-0.2, -0.15) is 0 Å². The van der Waals surface area contributed by atoms with Gasteiger partial charge in [0.05, 0.1) is 26.0 Å². The maximum Gasteiger partial charge on any atom is 0.332 e. The lowest BCUT2D eigenvalue weighted by Crippen LogP contribution is -2.21. The van der Waals surface area contributed by atoms with E-state index in [1.165, 1.54) is 0 Å². The van der Waals surface area contributed by atoms with Gasteiger partial charge in [-0.05, 0) is 19.1 Å². The first-order chi connectivity index (χ1) is 7.83. The Morgan fingerprint density at radius 3 is 3.12 bits per heavy atom. The predicted molar refractivity (Wildman–Crippen MR) is 57.9 cm³/mol. The maximum absolute atomic E-state index is 10.9. The SMILES string of the molecule is CCOC(=O)COCCNCc1ccco1. The van der Waals surface area contributed by atoms with Crippen LogP contribution in [-0.4, -0.2) is 32.3 Å². The highest BCUT2D eigenvalue weighted by atomic mass is 16.6. The fraction of sp³-hybridized carbons (Fsp3) is 0.545. The van der Waals surface area contributed by atoms with Gasteiger partial charge in [0.2, 0.25) is 0 Å². The van der Waals surface area contributed by atoms with Crippen molar-refractivity contribution in [1.82, 2.24) is 5.32 Å². The van der Waals surface area contributed by atoms with Gasteiger partial charge < -0.3 is 19.2 Å². The van der Waals surface area contributed by atoms with E-state index in [0.29, 0.717) is 26.3 Å². The Hall–Kier alpha value is -1.33. The molecule has 0 saturated carbocycles. The standard InChI is InChI=1S/C11H17NO4/c1-2-15-11(13)9-14-7-5-12-8-10-4-3-6-16-10/h3-4,6,12H,2,5,7-9H2,1H3. The first kappa shape index (κ1) is 12.7. The smallest absolute Gasteiger partial charge is 0.332 e. The van der Waals surface area contributed by atoms with E-state index in [-0.39, 0.29) is 12.6 Å². The van der Waals surface area contributed by atoms with Crippen LogP contribution in [0.1, 0.15) is 12.7 Å². The topological polar surface area (TPSA) is 60.7 Å². The van der Waals surface area contributed by atoms with Gasteiger partial charge in [-0.15, -0.1) is 0 Å². The summed E-state index contributed by atoms with van der Waals surface area (Å²) in [6.45, 7) is 3.97. The van der Waals surface area contributed by atoms with Crippen molar-refractivity contribution < 1.29 is 18.7 Å². The lowest BCUT2D eigenvalue weighted by molar-refractivity contribution is -0.148. The van der Waals surface area contributed by atoms with E-state index in [0.717, 1.165) is 5.76 Å². The van der Waals surface area contributed by atoms with Gasteiger partial charge in [0.1, 0.15) is 12.4 Å². The van der Waals surface area contributed by atoms with Crippen LogP contribution >= 0.6 is 0 Å². The van der Waals surface area contributed by atoms with Crippen LogP contribution in [0.2, 0.25) is 0 Å². The molecule has 0 saturated heterocycles. The fourth-order valence-corrected chi connectivity index (χ4v) is 1.13. The van der Waals surface area contributed by atoms with Crippen molar-refractivity contribution in [3.63, 3.8) is 0 Å². The molecule has 1 aromatic rings. The fourth-order valence-electron chi connectivity index (χ4n) is 1.13. The van der Waals surface area contributed by atoms with Gasteiger partial charge in [0.15, 0.2) is 0 Å². The average Bonchev–Trinajstić information content (AvgIpc) is 2.76. The van der Waals surface area contributed by atoms with Crippen molar-refractivity contribution in [1.29, 1.82) is 0 Å². The number of furan rings is 1. The molecule has 0 aliphatic carbocycles. The number of hydrogen-bond acceptors (Lipinski definition) is 5. The molecule has 5 heteroatoms. The first-order valence-corrected chi connectivity index (χ1v) is 5.29. The molecule has 1 rings (SSSR count). The van der Waals surface area contributed by atoms with Crippen LogP contribution in [0.25, 0.3) is 0 Å². The quantitative estimate of drug-likeness (QED) is 0.529. The zero-order chi connectivity index (χ0) is 11.6. The Balaban J connectivity index is 1.90. The summed E-state index contributed by atoms with van der Waals surface area (Å²) >= 11 is 0. The summed E-state index contributed by atoms with van der Waals surface area (Å²) in [4.78, 5) is 10.9. The zero-order valence-corrected chi connectivity index (χ0v) is 9.40. The van der Waals surface area contributed by atoms with E-state index in [1.54, 1.807) is 13.2 Å². The van der Waals surface area contributed by atoms with E-state index in [9.17, 15) is 4.79 Å². The van der Waals surface area contributed by atoms with Crippen LogP contribution in [0.15, 0.2) is 22.8 Å². The first-order valence-electron chi connectivity index (χ1n) is 5.29. The molecule has 90 valence electrons. The predicted octanol–water partition coefficient (Wildman–Crippen LogP) is 0.949. The largest absolute Gasteiger partial charge is 0.468 e. The van der Waals surface area contributed by atoms with Crippen LogP contribution in [0.4, 0.5) is 0 Å². The van der Waals surface area contributed by atoms with Crippen LogP contribution in [0, 0.1) is 0 Å². The Morgan fingerprint density at radius 2 is 2.44 bits per heavy atom. The average molecular weight is 227 g/mol. The van der Waals surface area contributed by atoms with Gasteiger partial charge >= 0.3 is 5.97 Å². The molecule has 0 atom stereocenters. The van der Waals surface area contributed by atoms with Crippen molar-refractivity contribution in [2.24, 2.45) is 0 Å². The van der Waals surface area contributed by atoms with Crippen LogP contribution in [0.5, 0.6) is 0 Å². The summed E-state index contributed by atoms with van der Waals surface area (Å²) in [7, 11) is 0.